The predicted octanol–water partition coefficient (Wildman–Crippen LogP) is 4.51. The number of fused-ring (bicyclic) bond motifs is 3. The van der Waals surface area contributed by atoms with Crippen LogP contribution in [0.3, 0.4) is 0 Å². The summed E-state index contributed by atoms with van der Waals surface area (Å²) in [4.78, 5) is 25.5. The van der Waals surface area contributed by atoms with E-state index in [0.717, 1.165) is 22.3 Å². The number of ether oxygens (including phenoxy) is 1. The summed E-state index contributed by atoms with van der Waals surface area (Å²) in [6, 6.07) is 15.1. The summed E-state index contributed by atoms with van der Waals surface area (Å²) in [6.45, 7) is 5.54. The van der Waals surface area contributed by atoms with Gasteiger partial charge in [0.1, 0.15) is 12.6 Å². The van der Waals surface area contributed by atoms with E-state index in [2.05, 4.69) is 24.3 Å². The van der Waals surface area contributed by atoms with Crippen LogP contribution in [0.4, 0.5) is 4.79 Å². The van der Waals surface area contributed by atoms with Crippen LogP contribution in [0.25, 0.3) is 11.1 Å². The molecule has 1 amide bonds. The second-order valence-corrected chi connectivity index (χ2v) is 7.07. The number of carboxylic acid groups (broad SMARTS) is 1. The first-order chi connectivity index (χ1) is 13.0. The molecule has 5 heteroatoms. The maximum absolute atomic E-state index is 12.7. The topological polar surface area (TPSA) is 66.8 Å². The summed E-state index contributed by atoms with van der Waals surface area (Å²) in [5.41, 5.74) is 4.58. The minimum Gasteiger partial charge on any atom is -0.480 e. The van der Waals surface area contributed by atoms with Crippen LogP contribution in [-0.4, -0.2) is 40.8 Å². The summed E-state index contributed by atoms with van der Waals surface area (Å²) < 4.78 is 5.62. The number of rotatable bonds is 6. The molecule has 5 nitrogen and oxygen atoms in total. The van der Waals surface area contributed by atoms with Crippen molar-refractivity contribution in [1.82, 2.24) is 4.90 Å². The SMILES string of the molecule is CCC(C(=O)O)N(C(=O)OCC1c2ccccc2-c2ccccc21)C(C)C. The lowest BCUT2D eigenvalue weighted by Gasteiger charge is -2.31. The number of benzene rings is 2. The number of carbonyl (C=O) groups is 2. The van der Waals surface area contributed by atoms with Crippen LogP contribution in [-0.2, 0) is 9.53 Å². The smallest absolute Gasteiger partial charge is 0.410 e. The van der Waals surface area contributed by atoms with Gasteiger partial charge in [0.05, 0.1) is 0 Å². The molecule has 0 radical (unpaired) electrons. The molecule has 1 aliphatic rings. The van der Waals surface area contributed by atoms with E-state index in [4.69, 9.17) is 4.74 Å². The molecule has 1 atom stereocenters. The molecule has 2 aromatic rings. The highest BCUT2D eigenvalue weighted by Gasteiger charge is 2.34. The molecule has 3 rings (SSSR count). The Hall–Kier alpha value is -2.82. The molecule has 2 aromatic carbocycles. The second kappa shape index (κ2) is 7.82. The number of carbonyl (C=O) groups excluding carboxylic acids is 1. The van der Waals surface area contributed by atoms with Crippen LogP contribution in [0.5, 0.6) is 0 Å². The average Bonchev–Trinajstić information content (AvgIpc) is 2.97. The van der Waals surface area contributed by atoms with Crippen molar-refractivity contribution in [3.05, 3.63) is 59.7 Å². The van der Waals surface area contributed by atoms with Gasteiger partial charge in [-0.15, -0.1) is 0 Å². The summed E-state index contributed by atoms with van der Waals surface area (Å²) in [6.07, 6.45) is -0.251. The maximum atomic E-state index is 12.7. The number of amides is 1. The van der Waals surface area contributed by atoms with Crippen molar-refractivity contribution in [3.63, 3.8) is 0 Å². The van der Waals surface area contributed by atoms with Gasteiger partial charge in [-0.1, -0.05) is 55.5 Å². The molecule has 0 bridgehead atoms. The summed E-state index contributed by atoms with van der Waals surface area (Å²) in [5, 5.41) is 9.43. The molecule has 1 N–H and O–H groups in total. The van der Waals surface area contributed by atoms with Crippen molar-refractivity contribution in [2.75, 3.05) is 6.61 Å². The van der Waals surface area contributed by atoms with Crippen LogP contribution >= 0.6 is 0 Å². The Kier molecular flexibility index (Phi) is 5.49. The van der Waals surface area contributed by atoms with Gasteiger partial charge in [-0.05, 0) is 42.5 Å². The van der Waals surface area contributed by atoms with Crippen molar-refractivity contribution in [2.45, 2.75) is 45.2 Å². The Morgan fingerprint density at radius 1 is 1.04 bits per heavy atom. The first-order valence-electron chi connectivity index (χ1n) is 9.31. The number of carboxylic acids is 1. The van der Waals surface area contributed by atoms with Gasteiger partial charge in [0.25, 0.3) is 0 Å². The second-order valence-electron chi connectivity index (χ2n) is 7.07. The molecule has 142 valence electrons. The van der Waals surface area contributed by atoms with Gasteiger partial charge >= 0.3 is 12.1 Å². The number of hydrogen-bond donors (Lipinski definition) is 1. The van der Waals surface area contributed by atoms with Crippen LogP contribution in [0, 0.1) is 0 Å². The molecule has 0 aromatic heterocycles. The third kappa shape index (κ3) is 3.54. The first kappa shape index (κ1) is 19.0. The normalized spacial score (nSPS) is 13.8. The van der Waals surface area contributed by atoms with Crippen molar-refractivity contribution in [3.8, 4) is 11.1 Å². The van der Waals surface area contributed by atoms with Crippen molar-refractivity contribution >= 4 is 12.1 Å². The number of aliphatic carboxylic acids is 1. The van der Waals surface area contributed by atoms with E-state index in [9.17, 15) is 14.7 Å². The molecule has 0 fully saturated rings. The molecule has 0 saturated carbocycles. The quantitative estimate of drug-likeness (QED) is 0.816. The third-order valence-corrected chi connectivity index (χ3v) is 5.11. The Labute approximate surface area is 159 Å². The predicted molar refractivity (Wildman–Crippen MR) is 104 cm³/mol. The van der Waals surface area contributed by atoms with Crippen LogP contribution in [0.15, 0.2) is 48.5 Å². The fourth-order valence-corrected chi connectivity index (χ4v) is 3.86. The molecular weight excluding hydrogens is 342 g/mol. The van der Waals surface area contributed by atoms with Gasteiger partial charge in [0, 0.05) is 12.0 Å². The van der Waals surface area contributed by atoms with E-state index in [0.29, 0.717) is 6.42 Å². The van der Waals surface area contributed by atoms with Crippen molar-refractivity contribution in [2.24, 2.45) is 0 Å². The zero-order valence-corrected chi connectivity index (χ0v) is 15.9. The Morgan fingerprint density at radius 3 is 2.00 bits per heavy atom. The van der Waals surface area contributed by atoms with Crippen molar-refractivity contribution < 1.29 is 19.4 Å². The van der Waals surface area contributed by atoms with E-state index in [1.165, 1.54) is 4.90 Å². The summed E-state index contributed by atoms with van der Waals surface area (Å²) in [5.74, 6) is -1.06. The molecule has 0 aliphatic heterocycles. The average molecular weight is 367 g/mol. The van der Waals surface area contributed by atoms with Gasteiger partial charge in [0.2, 0.25) is 0 Å². The number of hydrogen-bond acceptors (Lipinski definition) is 3. The van der Waals surface area contributed by atoms with Crippen LogP contribution < -0.4 is 0 Å². The van der Waals surface area contributed by atoms with Crippen molar-refractivity contribution in [1.29, 1.82) is 0 Å². The minimum absolute atomic E-state index is 0.0414. The largest absolute Gasteiger partial charge is 0.480 e. The maximum Gasteiger partial charge on any atom is 0.410 e. The Morgan fingerprint density at radius 2 is 1.56 bits per heavy atom. The molecular formula is C22H25NO4. The fraction of sp³-hybridized carbons (Fsp3) is 0.364. The van der Waals surface area contributed by atoms with Gasteiger partial charge in [-0.2, -0.15) is 0 Å². The van der Waals surface area contributed by atoms with Crippen LogP contribution in [0.2, 0.25) is 0 Å². The molecule has 0 heterocycles. The Bertz CT molecular complexity index is 800. The standard InChI is InChI=1S/C22H25NO4/c1-4-20(21(24)25)23(14(2)3)22(26)27-13-19-17-11-7-5-9-15(17)16-10-6-8-12-18(16)19/h5-12,14,19-20H,4,13H2,1-3H3,(H,24,25). The van der Waals surface area contributed by atoms with Gasteiger partial charge in [-0.3, -0.25) is 4.90 Å². The lowest BCUT2D eigenvalue weighted by atomic mass is 9.98. The van der Waals surface area contributed by atoms with E-state index in [1.807, 2.05) is 24.3 Å². The minimum atomic E-state index is -1.01. The molecule has 0 spiro atoms. The molecule has 1 unspecified atom stereocenters. The lowest BCUT2D eigenvalue weighted by Crippen LogP contribution is -2.49. The highest BCUT2D eigenvalue weighted by atomic mass is 16.6. The zero-order chi connectivity index (χ0) is 19.6. The monoisotopic (exact) mass is 367 g/mol. The Balaban J connectivity index is 1.82. The first-order valence-corrected chi connectivity index (χ1v) is 9.31. The highest BCUT2D eigenvalue weighted by Crippen LogP contribution is 2.44. The van der Waals surface area contributed by atoms with E-state index in [-0.39, 0.29) is 18.6 Å². The molecule has 1 aliphatic carbocycles. The van der Waals surface area contributed by atoms with Gasteiger partial charge in [0.15, 0.2) is 0 Å². The zero-order valence-electron chi connectivity index (χ0n) is 15.9. The summed E-state index contributed by atoms with van der Waals surface area (Å²) >= 11 is 0. The van der Waals surface area contributed by atoms with Gasteiger partial charge in [-0.25, -0.2) is 9.59 Å². The van der Waals surface area contributed by atoms with E-state index >= 15 is 0 Å². The van der Waals surface area contributed by atoms with Crippen LogP contribution in [0.1, 0.15) is 44.2 Å². The van der Waals surface area contributed by atoms with E-state index in [1.54, 1.807) is 20.8 Å². The molecule has 27 heavy (non-hydrogen) atoms. The van der Waals surface area contributed by atoms with E-state index < -0.39 is 18.1 Å². The lowest BCUT2D eigenvalue weighted by molar-refractivity contribution is -0.143. The fourth-order valence-electron chi connectivity index (χ4n) is 3.86. The number of nitrogens with zero attached hydrogens (tertiary/aromatic N) is 1. The van der Waals surface area contributed by atoms with Gasteiger partial charge < -0.3 is 9.84 Å². The summed E-state index contributed by atoms with van der Waals surface area (Å²) in [7, 11) is 0. The third-order valence-electron chi connectivity index (χ3n) is 5.11. The highest BCUT2D eigenvalue weighted by molar-refractivity contribution is 5.81. The molecule has 0 saturated heterocycles.